The van der Waals surface area contributed by atoms with Crippen LogP contribution in [0.25, 0.3) is 0 Å². The molecular formula is C28H35N5O3. The summed E-state index contributed by atoms with van der Waals surface area (Å²) in [5.41, 5.74) is 4.68. The van der Waals surface area contributed by atoms with E-state index in [1.165, 1.54) is 0 Å². The van der Waals surface area contributed by atoms with Gasteiger partial charge >= 0.3 is 12.1 Å². The summed E-state index contributed by atoms with van der Waals surface area (Å²) < 4.78 is 5.99. The minimum atomic E-state index is -0.303. The Morgan fingerprint density at radius 2 is 1.64 bits per heavy atom. The van der Waals surface area contributed by atoms with E-state index in [-0.39, 0.29) is 12.1 Å². The lowest BCUT2D eigenvalue weighted by Crippen LogP contribution is -2.38. The molecule has 0 radical (unpaired) electrons. The first-order valence-electron chi connectivity index (χ1n) is 12.1. The van der Waals surface area contributed by atoms with Crippen LogP contribution in [0.3, 0.4) is 0 Å². The van der Waals surface area contributed by atoms with E-state index in [0.717, 1.165) is 35.3 Å². The molecule has 3 aromatic carbocycles. The van der Waals surface area contributed by atoms with Crippen LogP contribution in [0.4, 0.5) is 21.0 Å². The molecule has 0 aliphatic heterocycles. The molecule has 8 heteroatoms. The van der Waals surface area contributed by atoms with Crippen molar-refractivity contribution in [3.63, 3.8) is 0 Å². The largest absolute Gasteiger partial charge is 0.487 e. The van der Waals surface area contributed by atoms with Gasteiger partial charge in [-0.2, -0.15) is 0 Å². The van der Waals surface area contributed by atoms with E-state index in [0.29, 0.717) is 31.1 Å². The predicted octanol–water partition coefficient (Wildman–Crippen LogP) is 4.51. The van der Waals surface area contributed by atoms with Crippen molar-refractivity contribution in [2.45, 2.75) is 26.5 Å². The summed E-state index contributed by atoms with van der Waals surface area (Å²) >= 11 is 0. The van der Waals surface area contributed by atoms with Crippen LogP contribution in [0.2, 0.25) is 0 Å². The van der Waals surface area contributed by atoms with Crippen LogP contribution in [-0.2, 0) is 19.6 Å². The second-order valence-electron chi connectivity index (χ2n) is 8.16. The van der Waals surface area contributed by atoms with E-state index in [9.17, 15) is 9.59 Å². The Balaban J connectivity index is 1.63. The van der Waals surface area contributed by atoms with Crippen LogP contribution >= 0.6 is 0 Å². The van der Waals surface area contributed by atoms with Crippen LogP contribution in [0, 0.1) is 0 Å². The fourth-order valence-electron chi connectivity index (χ4n) is 3.81. The third-order valence-corrected chi connectivity index (χ3v) is 5.72. The number of anilines is 2. The molecule has 0 aliphatic carbocycles. The first-order chi connectivity index (χ1) is 17.5. The number of rotatable bonds is 11. The molecule has 8 nitrogen and oxygen atoms in total. The Labute approximate surface area is 213 Å². The van der Waals surface area contributed by atoms with Gasteiger partial charge in [0.05, 0.1) is 5.69 Å². The molecule has 0 saturated carbocycles. The third-order valence-electron chi connectivity index (χ3n) is 5.72. The van der Waals surface area contributed by atoms with Crippen molar-refractivity contribution < 1.29 is 14.3 Å². The smallest absolute Gasteiger partial charge is 0.321 e. The summed E-state index contributed by atoms with van der Waals surface area (Å²) in [7, 11) is 3.21. The first kappa shape index (κ1) is 26.6. The number of nitrogens with zero attached hydrogens (tertiary/aromatic N) is 1. The molecule has 0 atom stereocenters. The van der Waals surface area contributed by atoms with Gasteiger partial charge in [0.25, 0.3) is 0 Å². The number of hydrogen-bond donors (Lipinski definition) is 4. The van der Waals surface area contributed by atoms with E-state index >= 15 is 0 Å². The van der Waals surface area contributed by atoms with Crippen molar-refractivity contribution in [1.82, 2.24) is 16.0 Å². The third kappa shape index (κ3) is 7.48. The molecule has 0 aromatic heterocycles. The lowest BCUT2D eigenvalue weighted by atomic mass is 10.1. The minimum absolute atomic E-state index is 0.129. The van der Waals surface area contributed by atoms with Gasteiger partial charge in [0.15, 0.2) is 0 Å². The number of para-hydroxylation sites is 1. The summed E-state index contributed by atoms with van der Waals surface area (Å²) in [6.45, 7) is 4.30. The highest BCUT2D eigenvalue weighted by Gasteiger charge is 2.15. The number of hydrogen-bond acceptors (Lipinski definition) is 4. The highest BCUT2D eigenvalue weighted by Crippen LogP contribution is 2.27. The number of urea groups is 2. The number of carbonyl (C=O) groups is 2. The van der Waals surface area contributed by atoms with Gasteiger partial charge in [-0.1, -0.05) is 54.6 Å². The van der Waals surface area contributed by atoms with Gasteiger partial charge in [-0.05, 0) is 54.8 Å². The second kappa shape index (κ2) is 13.7. The Bertz CT molecular complexity index is 1140. The van der Waals surface area contributed by atoms with E-state index in [1.54, 1.807) is 19.0 Å². The van der Waals surface area contributed by atoms with Gasteiger partial charge in [0.2, 0.25) is 0 Å². The molecule has 0 bridgehead atoms. The molecule has 36 heavy (non-hydrogen) atoms. The molecule has 0 aliphatic rings. The molecule has 0 heterocycles. The predicted molar refractivity (Wildman–Crippen MR) is 145 cm³/mol. The Morgan fingerprint density at radius 3 is 2.36 bits per heavy atom. The fraction of sp³-hybridized carbons (Fsp3) is 0.286. The second-order valence-corrected chi connectivity index (χ2v) is 8.16. The molecule has 4 N–H and O–H groups in total. The van der Waals surface area contributed by atoms with E-state index < -0.39 is 0 Å². The van der Waals surface area contributed by atoms with Crippen LogP contribution in [0.5, 0.6) is 5.75 Å². The fourth-order valence-corrected chi connectivity index (χ4v) is 3.81. The molecular weight excluding hydrogens is 454 g/mol. The number of nitrogens with one attached hydrogen (secondary N) is 4. The van der Waals surface area contributed by atoms with Gasteiger partial charge in [-0.15, -0.1) is 0 Å². The van der Waals surface area contributed by atoms with Gasteiger partial charge < -0.3 is 26.0 Å². The molecule has 3 rings (SSSR count). The standard InChI is InChI=1S/C28H35N5O3/c1-4-33(28(35)30-3)25-13-9-8-12-23(25)19-31-17-16-21-14-15-26(24(18-21)32-27(34)29-2)36-20-22-10-6-5-7-11-22/h5-15,18,31H,4,16-17,19-20H2,1-3H3,(H,30,35)(H2,29,32,34). The van der Waals surface area contributed by atoms with Gasteiger partial charge in [0, 0.05) is 32.9 Å². The van der Waals surface area contributed by atoms with Crippen LogP contribution < -0.4 is 30.9 Å². The van der Waals surface area contributed by atoms with Crippen LogP contribution in [0.1, 0.15) is 23.6 Å². The van der Waals surface area contributed by atoms with Crippen molar-refractivity contribution in [3.05, 3.63) is 89.5 Å². The molecule has 4 amide bonds. The lowest BCUT2D eigenvalue weighted by molar-refractivity contribution is 0.248. The first-order valence-corrected chi connectivity index (χ1v) is 12.1. The normalized spacial score (nSPS) is 10.4. The van der Waals surface area contributed by atoms with Gasteiger partial charge in [-0.3, -0.25) is 4.90 Å². The van der Waals surface area contributed by atoms with Gasteiger partial charge in [-0.25, -0.2) is 9.59 Å². The molecule has 0 saturated heterocycles. The quantitative estimate of drug-likeness (QED) is 0.298. The Morgan fingerprint density at radius 1 is 0.889 bits per heavy atom. The molecule has 3 aromatic rings. The maximum atomic E-state index is 12.2. The van der Waals surface area contributed by atoms with Crippen molar-refractivity contribution in [1.29, 1.82) is 0 Å². The molecule has 190 valence electrons. The number of amides is 4. The van der Waals surface area contributed by atoms with Crippen molar-refractivity contribution in [3.8, 4) is 5.75 Å². The molecule has 0 fully saturated rings. The number of ether oxygens (including phenoxy) is 1. The van der Waals surface area contributed by atoms with E-state index in [4.69, 9.17) is 4.74 Å². The lowest BCUT2D eigenvalue weighted by Gasteiger charge is -2.23. The zero-order valence-corrected chi connectivity index (χ0v) is 21.1. The van der Waals surface area contributed by atoms with Crippen molar-refractivity contribution in [2.75, 3.05) is 37.4 Å². The topological polar surface area (TPSA) is 94.7 Å². The van der Waals surface area contributed by atoms with Crippen LogP contribution in [-0.4, -0.2) is 39.2 Å². The summed E-state index contributed by atoms with van der Waals surface area (Å²) in [6, 6.07) is 23.2. The molecule has 0 spiro atoms. The maximum Gasteiger partial charge on any atom is 0.321 e. The van der Waals surface area contributed by atoms with Crippen molar-refractivity contribution >= 4 is 23.4 Å². The van der Waals surface area contributed by atoms with Gasteiger partial charge in [0.1, 0.15) is 12.4 Å². The Kier molecular flexibility index (Phi) is 10.1. The SMILES string of the molecule is CCN(C(=O)NC)c1ccccc1CNCCc1ccc(OCc2ccccc2)c(NC(=O)NC)c1. The number of benzene rings is 3. The highest BCUT2D eigenvalue weighted by atomic mass is 16.5. The molecule has 0 unspecified atom stereocenters. The summed E-state index contributed by atoms with van der Waals surface area (Å²) in [5, 5.41) is 11.6. The average molecular weight is 490 g/mol. The zero-order chi connectivity index (χ0) is 25.8. The summed E-state index contributed by atoms with van der Waals surface area (Å²) in [5.74, 6) is 0.613. The van der Waals surface area contributed by atoms with E-state index in [1.807, 2.05) is 79.7 Å². The van der Waals surface area contributed by atoms with E-state index in [2.05, 4.69) is 21.3 Å². The van der Waals surface area contributed by atoms with Crippen LogP contribution in [0.15, 0.2) is 72.8 Å². The monoisotopic (exact) mass is 489 g/mol. The maximum absolute atomic E-state index is 12.2. The Hall–Kier alpha value is -4.04. The highest BCUT2D eigenvalue weighted by molar-refractivity contribution is 5.92. The summed E-state index contributed by atoms with van der Waals surface area (Å²) in [6.07, 6.45) is 0.760. The zero-order valence-electron chi connectivity index (χ0n) is 21.1. The summed E-state index contributed by atoms with van der Waals surface area (Å²) in [4.78, 5) is 26.0. The number of carbonyl (C=O) groups excluding carboxylic acids is 2. The van der Waals surface area contributed by atoms with Crippen molar-refractivity contribution in [2.24, 2.45) is 0 Å². The minimum Gasteiger partial charge on any atom is -0.487 e. The average Bonchev–Trinajstić information content (AvgIpc) is 2.92.